The average Bonchev–Trinajstić information content (AvgIpc) is 3.01. The Morgan fingerprint density at radius 3 is 2.36 bits per heavy atom. The third-order valence-electron chi connectivity index (χ3n) is 7.95. The largest absolute Gasteiger partial charge is 0.497 e. The number of likely N-dealkylation sites (tertiary alicyclic amines) is 1. The molecule has 5 rings (SSSR count). The van der Waals surface area contributed by atoms with Gasteiger partial charge in [-0.3, -0.25) is 4.79 Å². The molecule has 0 aliphatic carbocycles. The fraction of sp³-hybridized carbons (Fsp3) is 0.485. The summed E-state index contributed by atoms with van der Waals surface area (Å²) in [5.74, 6) is 1.43. The maximum Gasteiger partial charge on any atom is 0.410 e. The van der Waals surface area contributed by atoms with Crippen molar-refractivity contribution in [3.63, 3.8) is 0 Å². The molecule has 0 atom stereocenters. The van der Waals surface area contributed by atoms with Gasteiger partial charge in [-0.25, -0.2) is 9.59 Å². The van der Waals surface area contributed by atoms with E-state index < -0.39 is 11.6 Å². The molecule has 3 heterocycles. The van der Waals surface area contributed by atoms with Crippen molar-refractivity contribution in [2.75, 3.05) is 47.1 Å². The lowest BCUT2D eigenvalue weighted by Crippen LogP contribution is -2.49. The first-order valence-electron chi connectivity index (χ1n) is 15.0. The van der Waals surface area contributed by atoms with Crippen LogP contribution >= 0.6 is 0 Å². The molecule has 0 unspecified atom stereocenters. The lowest BCUT2D eigenvalue weighted by Gasteiger charge is -2.39. The third kappa shape index (κ3) is 7.10. The monoisotopic (exact) mass is 607 g/mol. The van der Waals surface area contributed by atoms with E-state index in [-0.39, 0.29) is 23.3 Å². The van der Waals surface area contributed by atoms with Gasteiger partial charge in [-0.05, 0) is 63.4 Å². The van der Waals surface area contributed by atoms with E-state index in [1.807, 2.05) is 43.9 Å². The first-order valence-corrected chi connectivity index (χ1v) is 15.0. The number of carbonyl (C=O) groups is 2. The average molecular weight is 608 g/mol. The maximum absolute atomic E-state index is 13.4. The normalized spacial score (nSPS) is 15.6. The fourth-order valence-electron chi connectivity index (χ4n) is 5.74. The van der Waals surface area contributed by atoms with Crippen molar-refractivity contribution < 1.29 is 33.3 Å². The Balaban J connectivity index is 1.29. The number of amides is 1. The second kappa shape index (κ2) is 13.2. The quantitative estimate of drug-likeness (QED) is 0.343. The summed E-state index contributed by atoms with van der Waals surface area (Å²) >= 11 is 0. The molecule has 0 spiro atoms. The molecule has 0 N–H and O–H groups in total. The predicted molar refractivity (Wildman–Crippen MR) is 165 cm³/mol. The van der Waals surface area contributed by atoms with Crippen LogP contribution in [0.3, 0.4) is 0 Å². The Bertz CT molecular complexity index is 1570. The Hall–Kier alpha value is -4.25. The third-order valence-corrected chi connectivity index (χ3v) is 7.95. The van der Waals surface area contributed by atoms with Gasteiger partial charge in [-0.15, -0.1) is 0 Å². The summed E-state index contributed by atoms with van der Waals surface area (Å²) in [5, 5.41) is 0.628. The van der Waals surface area contributed by atoms with Crippen LogP contribution in [0.25, 0.3) is 10.9 Å². The fourth-order valence-corrected chi connectivity index (χ4v) is 5.74. The summed E-state index contributed by atoms with van der Waals surface area (Å²) in [5.41, 5.74) is 0.886. The van der Waals surface area contributed by atoms with Gasteiger partial charge in [0.25, 0.3) is 5.56 Å². The lowest BCUT2D eigenvalue weighted by atomic mass is 10.0. The molecule has 0 bridgehead atoms. The molecule has 44 heavy (non-hydrogen) atoms. The number of nitrogens with zero attached hydrogens (tertiary/aromatic N) is 3. The number of hydrogen-bond donors (Lipinski definition) is 0. The van der Waals surface area contributed by atoms with Gasteiger partial charge < -0.3 is 38.1 Å². The molecule has 1 saturated heterocycles. The van der Waals surface area contributed by atoms with Gasteiger partial charge in [-0.2, -0.15) is 0 Å². The van der Waals surface area contributed by atoms with Crippen molar-refractivity contribution in [3.8, 4) is 17.2 Å². The van der Waals surface area contributed by atoms with E-state index >= 15 is 0 Å². The molecule has 3 aromatic rings. The van der Waals surface area contributed by atoms with Gasteiger partial charge in [0, 0.05) is 56.3 Å². The molecule has 1 fully saturated rings. The SMILES string of the molecule is COC(=O)c1cc(=O)n(CCN2CCC(N(Cc3ccc4c(c3)OCCO4)C(=O)OC(C)(C)C)CC2)c2cc(OC)ccc12. The van der Waals surface area contributed by atoms with Crippen LogP contribution in [-0.2, 0) is 22.6 Å². The van der Waals surface area contributed by atoms with Crippen LogP contribution in [0.4, 0.5) is 4.79 Å². The number of pyridine rings is 1. The van der Waals surface area contributed by atoms with E-state index in [0.717, 1.165) is 31.5 Å². The van der Waals surface area contributed by atoms with Crippen LogP contribution in [0, 0.1) is 0 Å². The van der Waals surface area contributed by atoms with E-state index in [9.17, 15) is 14.4 Å². The maximum atomic E-state index is 13.4. The number of carbonyl (C=O) groups excluding carboxylic acids is 2. The van der Waals surface area contributed by atoms with E-state index in [4.69, 9.17) is 23.7 Å². The first kappa shape index (κ1) is 31.2. The van der Waals surface area contributed by atoms with Crippen LogP contribution in [0.1, 0.15) is 49.5 Å². The molecule has 1 amide bonds. The minimum Gasteiger partial charge on any atom is -0.497 e. The topological polar surface area (TPSA) is 109 Å². The van der Waals surface area contributed by atoms with E-state index in [0.29, 0.717) is 61.0 Å². The molecule has 1 aromatic heterocycles. The zero-order valence-electron chi connectivity index (χ0n) is 26.1. The number of rotatable bonds is 8. The molecule has 2 aliphatic rings. The lowest BCUT2D eigenvalue weighted by molar-refractivity contribution is 0.00561. The first-order chi connectivity index (χ1) is 21.1. The Morgan fingerprint density at radius 1 is 0.955 bits per heavy atom. The van der Waals surface area contributed by atoms with Crippen molar-refractivity contribution >= 4 is 23.0 Å². The van der Waals surface area contributed by atoms with Gasteiger partial charge in [-0.1, -0.05) is 6.07 Å². The summed E-state index contributed by atoms with van der Waals surface area (Å²) in [6, 6.07) is 12.4. The molecule has 2 aromatic carbocycles. The van der Waals surface area contributed by atoms with Gasteiger partial charge in [0.2, 0.25) is 0 Å². The number of benzene rings is 2. The molecular weight excluding hydrogens is 566 g/mol. The standard InChI is InChI=1S/C33H41N3O8/c1-33(2,3)44-32(39)36(21-22-6-9-28-29(18-22)43-17-16-42-28)23-10-12-34(13-11-23)14-15-35-27-19-24(40-4)7-8-25(27)26(20-30(35)37)31(38)41-5/h6-9,18-20,23H,10-17,21H2,1-5H3. The second-order valence-electron chi connectivity index (χ2n) is 12.1. The highest BCUT2D eigenvalue weighted by Crippen LogP contribution is 2.32. The molecule has 236 valence electrons. The van der Waals surface area contributed by atoms with E-state index in [2.05, 4.69) is 4.90 Å². The number of hydrogen-bond acceptors (Lipinski definition) is 9. The number of methoxy groups -OCH3 is 2. The van der Waals surface area contributed by atoms with Crippen LogP contribution < -0.4 is 19.8 Å². The van der Waals surface area contributed by atoms with Crippen molar-refractivity contribution in [3.05, 3.63) is 63.9 Å². The smallest absolute Gasteiger partial charge is 0.410 e. The number of ether oxygens (including phenoxy) is 5. The minimum absolute atomic E-state index is 0.0125. The van der Waals surface area contributed by atoms with Crippen LogP contribution in [0.15, 0.2) is 47.3 Å². The van der Waals surface area contributed by atoms with Gasteiger partial charge in [0.15, 0.2) is 11.5 Å². The zero-order chi connectivity index (χ0) is 31.4. The molecule has 2 aliphatic heterocycles. The second-order valence-corrected chi connectivity index (χ2v) is 12.1. The summed E-state index contributed by atoms with van der Waals surface area (Å²) in [4.78, 5) is 43.1. The Kier molecular flexibility index (Phi) is 9.33. The van der Waals surface area contributed by atoms with Crippen molar-refractivity contribution in [2.45, 2.75) is 58.3 Å². The summed E-state index contributed by atoms with van der Waals surface area (Å²) < 4.78 is 29.2. The molecule has 11 nitrogen and oxygen atoms in total. The van der Waals surface area contributed by atoms with Crippen molar-refractivity contribution in [2.24, 2.45) is 0 Å². The Morgan fingerprint density at radius 2 is 1.68 bits per heavy atom. The van der Waals surface area contributed by atoms with Gasteiger partial charge in [0.05, 0.1) is 25.3 Å². The molecule has 0 radical (unpaired) electrons. The Labute approximate surface area is 257 Å². The number of fused-ring (bicyclic) bond motifs is 2. The van der Waals surface area contributed by atoms with Crippen LogP contribution in [0.2, 0.25) is 0 Å². The minimum atomic E-state index is -0.620. The van der Waals surface area contributed by atoms with Gasteiger partial charge >= 0.3 is 12.1 Å². The van der Waals surface area contributed by atoms with Crippen molar-refractivity contribution in [1.82, 2.24) is 14.4 Å². The van der Waals surface area contributed by atoms with E-state index in [1.165, 1.54) is 13.2 Å². The van der Waals surface area contributed by atoms with Crippen LogP contribution in [0.5, 0.6) is 17.2 Å². The summed E-state index contributed by atoms with van der Waals surface area (Å²) in [6.07, 6.45) is 1.17. The highest BCUT2D eigenvalue weighted by molar-refractivity contribution is 6.03. The molecular formula is C33H41N3O8. The van der Waals surface area contributed by atoms with Crippen LogP contribution in [-0.4, -0.2) is 85.1 Å². The summed E-state index contributed by atoms with van der Waals surface area (Å²) in [7, 11) is 2.86. The van der Waals surface area contributed by atoms with E-state index in [1.54, 1.807) is 29.9 Å². The predicted octanol–water partition coefficient (Wildman–Crippen LogP) is 4.47. The molecule has 0 saturated carbocycles. The highest BCUT2D eigenvalue weighted by Gasteiger charge is 2.32. The molecule has 11 heteroatoms. The summed E-state index contributed by atoms with van der Waals surface area (Å²) in [6.45, 7) is 9.59. The highest BCUT2D eigenvalue weighted by atomic mass is 16.6. The number of piperidine rings is 1. The number of esters is 1. The van der Waals surface area contributed by atoms with Gasteiger partial charge in [0.1, 0.15) is 24.6 Å². The van der Waals surface area contributed by atoms with Crippen molar-refractivity contribution in [1.29, 1.82) is 0 Å². The zero-order valence-corrected chi connectivity index (χ0v) is 26.1. The number of aromatic nitrogens is 1.